The average molecular weight is 509 g/mol. The van der Waals surface area contributed by atoms with Crippen LogP contribution in [0.5, 0.6) is 0 Å². The van der Waals surface area contributed by atoms with E-state index in [-0.39, 0.29) is 18.8 Å². The maximum atomic E-state index is 9.72. The van der Waals surface area contributed by atoms with Gasteiger partial charge in [-0.1, -0.05) is 71.3 Å². The van der Waals surface area contributed by atoms with Gasteiger partial charge in [-0.25, -0.2) is 4.79 Å². The summed E-state index contributed by atoms with van der Waals surface area (Å²) in [6.07, 6.45) is 12.0. The van der Waals surface area contributed by atoms with Crippen LogP contribution in [0, 0.1) is 0 Å². The molecule has 1 atom stereocenters. The fraction of sp³-hybridized carbons (Fsp3) is 0.885. The summed E-state index contributed by atoms with van der Waals surface area (Å²) in [6.45, 7) is 10.8. The fourth-order valence-corrected chi connectivity index (χ4v) is 2.77. The Bertz CT molecular complexity index is 435. The summed E-state index contributed by atoms with van der Waals surface area (Å²) in [5, 5.41) is 26.1. The predicted octanol–water partition coefficient (Wildman–Crippen LogP) is 3.95. The van der Waals surface area contributed by atoms with Crippen molar-refractivity contribution >= 4 is 5.97 Å². The Morgan fingerprint density at radius 3 is 1.54 bits per heavy atom. The quantitative estimate of drug-likeness (QED) is 0.0905. The molecule has 35 heavy (non-hydrogen) atoms. The number of carbonyl (C=O) groups is 1. The number of hydrogen-bond donors (Lipinski definition) is 3. The number of ether oxygens (including phenoxy) is 5. The molecule has 0 amide bonds. The number of carboxylic acid groups (broad SMARTS) is 1. The van der Waals surface area contributed by atoms with E-state index >= 15 is 0 Å². The highest BCUT2D eigenvalue weighted by Crippen LogP contribution is 2.10. The van der Waals surface area contributed by atoms with E-state index < -0.39 is 12.3 Å². The highest BCUT2D eigenvalue weighted by molar-refractivity contribution is 5.84. The standard InChI is InChI=1S/C22H46O7.C4H6O2/c1-2-3-4-5-6-7-8-9-10-11-13-29-22(24)21-28-20-19-27-18-17-26-16-15-25-14-12-23;1-3(2)4(5)6/h22-24H,2-21H2,1H3;1H2,2H3,(H,5,6). The zero-order chi connectivity index (χ0) is 26.4. The summed E-state index contributed by atoms with van der Waals surface area (Å²) >= 11 is 0. The van der Waals surface area contributed by atoms with Crippen molar-refractivity contribution in [1.29, 1.82) is 0 Å². The highest BCUT2D eigenvalue weighted by atomic mass is 16.6. The minimum Gasteiger partial charge on any atom is -0.478 e. The lowest BCUT2D eigenvalue weighted by molar-refractivity contribution is -0.141. The van der Waals surface area contributed by atoms with E-state index in [1.54, 1.807) is 0 Å². The molecule has 0 saturated carbocycles. The SMILES string of the molecule is C=C(C)C(=O)O.CCCCCCCCCCCCOC(O)COCCOCCOCCOCCO. The number of carboxylic acids is 1. The lowest BCUT2D eigenvalue weighted by atomic mass is 10.1. The van der Waals surface area contributed by atoms with Crippen molar-refractivity contribution in [3.8, 4) is 0 Å². The van der Waals surface area contributed by atoms with Gasteiger partial charge in [0.05, 0.1) is 59.5 Å². The van der Waals surface area contributed by atoms with Gasteiger partial charge in [0.15, 0.2) is 6.29 Å². The predicted molar refractivity (Wildman–Crippen MR) is 137 cm³/mol. The number of rotatable bonds is 26. The smallest absolute Gasteiger partial charge is 0.330 e. The van der Waals surface area contributed by atoms with Crippen LogP contribution < -0.4 is 0 Å². The van der Waals surface area contributed by atoms with E-state index in [4.69, 9.17) is 33.9 Å². The van der Waals surface area contributed by atoms with Crippen molar-refractivity contribution in [2.75, 3.05) is 66.1 Å². The van der Waals surface area contributed by atoms with Crippen molar-refractivity contribution in [2.24, 2.45) is 0 Å². The number of unbranched alkanes of at least 4 members (excludes halogenated alkanes) is 9. The van der Waals surface area contributed by atoms with Gasteiger partial charge in [-0.05, 0) is 13.3 Å². The Kier molecular flexibility index (Phi) is 31.9. The summed E-state index contributed by atoms with van der Waals surface area (Å²) in [6, 6.07) is 0. The molecule has 0 bridgehead atoms. The van der Waals surface area contributed by atoms with Crippen molar-refractivity contribution < 1.29 is 43.8 Å². The van der Waals surface area contributed by atoms with Crippen LogP contribution in [0.25, 0.3) is 0 Å². The fourth-order valence-electron chi connectivity index (χ4n) is 2.77. The van der Waals surface area contributed by atoms with Gasteiger partial charge < -0.3 is 39.0 Å². The van der Waals surface area contributed by atoms with Gasteiger partial charge in [0.25, 0.3) is 0 Å². The first-order valence-corrected chi connectivity index (χ1v) is 13.1. The Labute approximate surface area is 212 Å². The molecule has 0 saturated heterocycles. The lowest BCUT2D eigenvalue weighted by Gasteiger charge is -2.12. The maximum Gasteiger partial charge on any atom is 0.330 e. The third-order valence-corrected chi connectivity index (χ3v) is 4.79. The summed E-state index contributed by atoms with van der Waals surface area (Å²) in [4.78, 5) is 9.60. The van der Waals surface area contributed by atoms with Crippen LogP contribution in [-0.4, -0.2) is 93.6 Å². The average Bonchev–Trinajstić information content (AvgIpc) is 2.83. The van der Waals surface area contributed by atoms with E-state index in [0.29, 0.717) is 52.9 Å². The van der Waals surface area contributed by atoms with Gasteiger partial charge in [-0.2, -0.15) is 0 Å². The second kappa shape index (κ2) is 31.0. The molecule has 0 aliphatic carbocycles. The molecule has 9 heteroatoms. The van der Waals surface area contributed by atoms with Gasteiger partial charge in [0.1, 0.15) is 0 Å². The van der Waals surface area contributed by atoms with Crippen LogP contribution in [0.15, 0.2) is 12.2 Å². The molecule has 0 radical (unpaired) electrons. The number of aliphatic hydroxyl groups is 2. The van der Waals surface area contributed by atoms with Crippen molar-refractivity contribution in [3.05, 3.63) is 12.2 Å². The van der Waals surface area contributed by atoms with Crippen LogP contribution in [0.3, 0.4) is 0 Å². The summed E-state index contributed by atoms with van der Waals surface area (Å²) in [5.41, 5.74) is 0.176. The monoisotopic (exact) mass is 508 g/mol. The van der Waals surface area contributed by atoms with Crippen LogP contribution in [0.4, 0.5) is 0 Å². The van der Waals surface area contributed by atoms with Gasteiger partial charge >= 0.3 is 5.97 Å². The first-order chi connectivity index (χ1) is 17.0. The normalized spacial score (nSPS) is 11.7. The largest absolute Gasteiger partial charge is 0.478 e. The van der Waals surface area contributed by atoms with E-state index in [2.05, 4.69) is 13.5 Å². The number of hydrogen-bond acceptors (Lipinski definition) is 8. The molecule has 9 nitrogen and oxygen atoms in total. The number of aliphatic carboxylic acids is 1. The first-order valence-electron chi connectivity index (χ1n) is 13.1. The second-order valence-corrected chi connectivity index (χ2v) is 8.23. The van der Waals surface area contributed by atoms with Crippen LogP contribution in [-0.2, 0) is 28.5 Å². The molecule has 0 aromatic rings. The van der Waals surface area contributed by atoms with Crippen LogP contribution >= 0.6 is 0 Å². The summed E-state index contributed by atoms with van der Waals surface area (Å²) in [5.74, 6) is -0.935. The molecule has 1 unspecified atom stereocenters. The lowest BCUT2D eigenvalue weighted by Crippen LogP contribution is -2.21. The van der Waals surface area contributed by atoms with E-state index in [9.17, 15) is 9.90 Å². The van der Waals surface area contributed by atoms with Gasteiger partial charge in [0.2, 0.25) is 0 Å². The van der Waals surface area contributed by atoms with Gasteiger partial charge in [-0.3, -0.25) is 0 Å². The zero-order valence-corrected chi connectivity index (χ0v) is 22.2. The first kappa shape index (κ1) is 36.1. The molecule has 0 spiro atoms. The molecule has 210 valence electrons. The molecule has 0 fully saturated rings. The summed E-state index contributed by atoms with van der Waals surface area (Å²) in [7, 11) is 0. The summed E-state index contributed by atoms with van der Waals surface area (Å²) < 4.78 is 26.4. The number of aliphatic hydroxyl groups excluding tert-OH is 2. The zero-order valence-electron chi connectivity index (χ0n) is 22.2. The Morgan fingerprint density at radius 2 is 1.11 bits per heavy atom. The van der Waals surface area contributed by atoms with Crippen LogP contribution in [0.2, 0.25) is 0 Å². The molecular weight excluding hydrogens is 456 g/mol. The minimum absolute atomic E-state index is 0.0299. The van der Waals surface area contributed by atoms with Crippen molar-refractivity contribution in [2.45, 2.75) is 84.3 Å². The van der Waals surface area contributed by atoms with E-state index in [0.717, 1.165) is 12.8 Å². The van der Waals surface area contributed by atoms with E-state index in [1.807, 2.05) is 0 Å². The highest BCUT2D eigenvalue weighted by Gasteiger charge is 2.04. The van der Waals surface area contributed by atoms with E-state index in [1.165, 1.54) is 58.3 Å². The topological polar surface area (TPSA) is 124 Å². The third-order valence-electron chi connectivity index (χ3n) is 4.79. The second-order valence-electron chi connectivity index (χ2n) is 8.23. The molecule has 0 aliphatic rings. The molecule has 0 aliphatic heterocycles. The Hall–Kier alpha value is -1.07. The molecule has 0 heterocycles. The molecule has 3 N–H and O–H groups in total. The Balaban J connectivity index is 0. The van der Waals surface area contributed by atoms with Crippen molar-refractivity contribution in [1.82, 2.24) is 0 Å². The molecular formula is C26H52O9. The third kappa shape index (κ3) is 35.2. The molecule has 0 rings (SSSR count). The molecule has 0 aromatic heterocycles. The van der Waals surface area contributed by atoms with Crippen molar-refractivity contribution in [3.63, 3.8) is 0 Å². The Morgan fingerprint density at radius 1 is 0.714 bits per heavy atom. The maximum absolute atomic E-state index is 9.72. The van der Waals surface area contributed by atoms with Gasteiger partial charge in [-0.15, -0.1) is 0 Å². The molecule has 0 aromatic carbocycles. The van der Waals surface area contributed by atoms with Gasteiger partial charge in [0, 0.05) is 12.2 Å². The van der Waals surface area contributed by atoms with Crippen LogP contribution in [0.1, 0.15) is 78.1 Å². The minimum atomic E-state index is -0.935.